The van der Waals surface area contributed by atoms with Gasteiger partial charge < -0.3 is 4.74 Å². The van der Waals surface area contributed by atoms with Crippen LogP contribution in [0.5, 0.6) is 0 Å². The number of carbonyl (C=O) groups is 1. The number of carbonyl (C=O) groups excluding carboxylic acids is 1. The van der Waals surface area contributed by atoms with E-state index < -0.39 is 5.60 Å². The molecule has 2 rings (SSSR count). The van der Waals surface area contributed by atoms with Gasteiger partial charge in [0.2, 0.25) is 0 Å². The second kappa shape index (κ2) is 7.24. The van der Waals surface area contributed by atoms with Crippen molar-refractivity contribution in [3.05, 3.63) is 34.9 Å². The lowest BCUT2D eigenvalue weighted by atomic mass is 9.86. The summed E-state index contributed by atoms with van der Waals surface area (Å²) in [5, 5.41) is 0.668. The topological polar surface area (TPSA) is 26.3 Å². The Balaban J connectivity index is 2.16. The highest BCUT2D eigenvalue weighted by atomic mass is 35.5. The fourth-order valence-corrected chi connectivity index (χ4v) is 3.26. The van der Waals surface area contributed by atoms with Gasteiger partial charge in [-0.1, -0.05) is 55.5 Å². The SMILES string of the molecule is CCOC1(C(=O)Cc2ccccc2Cl)CCCCCC1. The maximum absolute atomic E-state index is 12.8. The second-order valence-corrected chi connectivity index (χ2v) is 5.94. The summed E-state index contributed by atoms with van der Waals surface area (Å²) in [4.78, 5) is 12.8. The van der Waals surface area contributed by atoms with Gasteiger partial charge in [-0.15, -0.1) is 0 Å². The molecule has 110 valence electrons. The molecule has 0 N–H and O–H groups in total. The maximum Gasteiger partial charge on any atom is 0.169 e. The van der Waals surface area contributed by atoms with Crippen molar-refractivity contribution in [2.45, 2.75) is 57.5 Å². The van der Waals surface area contributed by atoms with E-state index in [9.17, 15) is 4.79 Å². The summed E-state index contributed by atoms with van der Waals surface area (Å²) in [5.74, 6) is 0.189. The number of benzene rings is 1. The van der Waals surface area contributed by atoms with Crippen LogP contribution in [-0.4, -0.2) is 18.0 Å². The lowest BCUT2D eigenvalue weighted by molar-refractivity contribution is -0.145. The van der Waals surface area contributed by atoms with Gasteiger partial charge in [-0.2, -0.15) is 0 Å². The van der Waals surface area contributed by atoms with Crippen LogP contribution in [0.3, 0.4) is 0 Å². The van der Waals surface area contributed by atoms with E-state index in [-0.39, 0.29) is 5.78 Å². The Labute approximate surface area is 126 Å². The average molecular weight is 295 g/mol. The van der Waals surface area contributed by atoms with E-state index in [0.717, 1.165) is 31.2 Å². The van der Waals surface area contributed by atoms with E-state index in [1.54, 1.807) is 0 Å². The van der Waals surface area contributed by atoms with Gasteiger partial charge in [-0.3, -0.25) is 4.79 Å². The molecule has 1 aliphatic carbocycles. The van der Waals surface area contributed by atoms with Crippen LogP contribution < -0.4 is 0 Å². The third-order valence-electron chi connectivity index (χ3n) is 4.15. The van der Waals surface area contributed by atoms with E-state index in [1.807, 2.05) is 31.2 Å². The van der Waals surface area contributed by atoms with Crippen LogP contribution in [0.15, 0.2) is 24.3 Å². The van der Waals surface area contributed by atoms with E-state index in [1.165, 1.54) is 12.8 Å². The smallest absolute Gasteiger partial charge is 0.169 e. The van der Waals surface area contributed by atoms with E-state index in [4.69, 9.17) is 16.3 Å². The molecule has 20 heavy (non-hydrogen) atoms. The van der Waals surface area contributed by atoms with Gasteiger partial charge in [0.05, 0.1) is 0 Å². The highest BCUT2D eigenvalue weighted by Crippen LogP contribution is 2.33. The Bertz CT molecular complexity index is 448. The van der Waals surface area contributed by atoms with E-state index in [0.29, 0.717) is 18.1 Å². The van der Waals surface area contributed by atoms with Gasteiger partial charge >= 0.3 is 0 Å². The van der Waals surface area contributed by atoms with E-state index in [2.05, 4.69) is 0 Å². The van der Waals surface area contributed by atoms with Gasteiger partial charge in [0.15, 0.2) is 5.78 Å². The van der Waals surface area contributed by atoms with Crippen molar-refractivity contribution in [1.29, 1.82) is 0 Å². The first kappa shape index (κ1) is 15.5. The summed E-state index contributed by atoms with van der Waals surface area (Å²) in [5.41, 5.74) is 0.326. The van der Waals surface area contributed by atoms with Gasteiger partial charge in [0, 0.05) is 18.1 Å². The van der Waals surface area contributed by atoms with Gasteiger partial charge in [0.1, 0.15) is 5.60 Å². The van der Waals surface area contributed by atoms with Crippen LogP contribution in [0.25, 0.3) is 0 Å². The van der Waals surface area contributed by atoms with Crippen molar-refractivity contribution in [3.8, 4) is 0 Å². The quantitative estimate of drug-likeness (QED) is 0.743. The highest BCUT2D eigenvalue weighted by Gasteiger charge is 2.38. The minimum absolute atomic E-state index is 0.189. The van der Waals surface area contributed by atoms with Crippen LogP contribution in [0.4, 0.5) is 0 Å². The molecule has 1 fully saturated rings. The fraction of sp³-hybridized carbons (Fsp3) is 0.588. The summed E-state index contributed by atoms with van der Waals surface area (Å²) >= 11 is 6.17. The Hall–Kier alpha value is -0.860. The Morgan fingerprint density at radius 2 is 1.85 bits per heavy atom. The molecule has 0 radical (unpaired) electrons. The molecule has 0 heterocycles. The van der Waals surface area contributed by atoms with Crippen LogP contribution in [0.1, 0.15) is 51.0 Å². The lowest BCUT2D eigenvalue weighted by Crippen LogP contribution is -2.42. The first-order valence-corrected chi connectivity index (χ1v) is 7.96. The summed E-state index contributed by atoms with van der Waals surface area (Å²) < 4.78 is 5.93. The Morgan fingerprint density at radius 1 is 1.20 bits per heavy atom. The number of hydrogen-bond donors (Lipinski definition) is 0. The third kappa shape index (κ3) is 3.62. The van der Waals surface area contributed by atoms with Crippen molar-refractivity contribution >= 4 is 17.4 Å². The molecule has 2 nitrogen and oxygen atoms in total. The molecule has 3 heteroatoms. The molecular weight excluding hydrogens is 272 g/mol. The molecular formula is C17H23ClO2. The minimum Gasteiger partial charge on any atom is -0.367 e. The highest BCUT2D eigenvalue weighted by molar-refractivity contribution is 6.31. The van der Waals surface area contributed by atoms with E-state index >= 15 is 0 Å². The molecule has 0 aliphatic heterocycles. The molecule has 0 atom stereocenters. The normalized spacial score (nSPS) is 18.5. The molecule has 0 bridgehead atoms. The molecule has 0 spiro atoms. The van der Waals surface area contributed by atoms with Crippen molar-refractivity contribution in [2.24, 2.45) is 0 Å². The van der Waals surface area contributed by atoms with Gasteiger partial charge in [-0.05, 0) is 31.4 Å². The summed E-state index contributed by atoms with van der Waals surface area (Å²) in [7, 11) is 0. The lowest BCUT2D eigenvalue weighted by Gasteiger charge is -2.31. The zero-order valence-electron chi connectivity index (χ0n) is 12.2. The standard InChI is InChI=1S/C17H23ClO2/c1-2-20-17(11-7-3-4-8-12-17)16(19)13-14-9-5-6-10-15(14)18/h5-6,9-10H,2-4,7-8,11-13H2,1H3. The zero-order valence-corrected chi connectivity index (χ0v) is 12.9. The predicted octanol–water partition coefficient (Wildman–Crippen LogP) is 4.58. The van der Waals surface area contributed by atoms with Crippen LogP contribution in [0.2, 0.25) is 5.02 Å². The molecule has 1 aliphatic rings. The van der Waals surface area contributed by atoms with Crippen LogP contribution in [-0.2, 0) is 16.0 Å². The van der Waals surface area contributed by atoms with Crippen molar-refractivity contribution in [2.75, 3.05) is 6.61 Å². The summed E-state index contributed by atoms with van der Waals surface area (Å²) in [6, 6.07) is 7.58. The molecule has 0 aromatic heterocycles. The van der Waals surface area contributed by atoms with Crippen molar-refractivity contribution in [1.82, 2.24) is 0 Å². The Morgan fingerprint density at radius 3 is 2.45 bits per heavy atom. The second-order valence-electron chi connectivity index (χ2n) is 5.53. The van der Waals surface area contributed by atoms with Crippen LogP contribution in [0, 0.1) is 0 Å². The first-order valence-electron chi connectivity index (χ1n) is 7.58. The molecule has 0 saturated heterocycles. The number of halogens is 1. The molecule has 0 amide bonds. The molecule has 1 saturated carbocycles. The summed E-state index contributed by atoms with van der Waals surface area (Å²) in [6.07, 6.45) is 6.64. The largest absolute Gasteiger partial charge is 0.367 e. The average Bonchev–Trinajstić information content (AvgIpc) is 2.68. The number of Topliss-reactive ketones (excluding diaryl/α,β-unsaturated/α-hetero) is 1. The maximum atomic E-state index is 12.8. The van der Waals surface area contributed by atoms with Crippen molar-refractivity contribution in [3.63, 3.8) is 0 Å². The summed E-state index contributed by atoms with van der Waals surface area (Å²) in [6.45, 7) is 2.56. The number of ketones is 1. The van der Waals surface area contributed by atoms with Crippen molar-refractivity contribution < 1.29 is 9.53 Å². The first-order chi connectivity index (χ1) is 9.68. The Kier molecular flexibility index (Phi) is 5.62. The minimum atomic E-state index is -0.579. The van der Waals surface area contributed by atoms with Crippen LogP contribution >= 0.6 is 11.6 Å². The molecule has 1 aromatic carbocycles. The zero-order chi connectivity index (χ0) is 14.4. The predicted molar refractivity (Wildman–Crippen MR) is 82.2 cm³/mol. The fourth-order valence-electron chi connectivity index (χ4n) is 3.06. The molecule has 1 aromatic rings. The van der Waals surface area contributed by atoms with Gasteiger partial charge in [0.25, 0.3) is 0 Å². The monoisotopic (exact) mass is 294 g/mol. The van der Waals surface area contributed by atoms with Gasteiger partial charge in [-0.25, -0.2) is 0 Å². The third-order valence-corrected chi connectivity index (χ3v) is 4.52. The number of hydrogen-bond acceptors (Lipinski definition) is 2. The molecule has 0 unspecified atom stereocenters. The number of rotatable bonds is 5. The number of ether oxygens (including phenoxy) is 1.